The third kappa shape index (κ3) is 15.9. The second kappa shape index (κ2) is 23.0. The third-order valence-corrected chi connectivity index (χ3v) is 8.35. The van der Waals surface area contributed by atoms with Crippen LogP contribution in [0.1, 0.15) is 44.1 Å². The summed E-state index contributed by atoms with van der Waals surface area (Å²) in [5.41, 5.74) is 40.3. The molecule has 4 amide bonds. The van der Waals surface area contributed by atoms with Crippen LogP contribution >= 0.6 is 12.6 Å². The molecule has 2 rings (SSSR count). The van der Waals surface area contributed by atoms with E-state index >= 15 is 0 Å². The summed E-state index contributed by atoms with van der Waals surface area (Å²) < 4.78 is 0. The van der Waals surface area contributed by atoms with Gasteiger partial charge in [0.1, 0.15) is 24.2 Å². The maximum absolute atomic E-state index is 13.8. The number of H-pyrrole nitrogens is 1. The van der Waals surface area contributed by atoms with Gasteiger partial charge in [-0.2, -0.15) is 12.6 Å². The zero-order valence-corrected chi connectivity index (χ0v) is 30.8. The predicted octanol–water partition coefficient (Wildman–Crippen LogP) is -3.85. The molecular weight excluding hydrogens is 723 g/mol. The number of carbonyl (C=O) groups is 5. The minimum atomic E-state index is -1.31. The van der Waals surface area contributed by atoms with Crippen molar-refractivity contribution in [1.29, 1.82) is 0 Å². The standard InChI is InChI=1S/C32H53N15O6S/c33-19(14-17-15-43-20-7-2-1-6-18(17)20)25(48)44-21(8-3-11-40-30(34)35)26(49)45-22(9-4-12-41-31(36)37)27(50)47-24(16-54)28(51)46-23(29(52)53)10-5-13-42-32(38)39/h1-2,6-7,15,19,21-24,43,54H,3-5,8-14,16,33H2,(H,44,48)(H,45,49)(H,46,51)(H,47,50)(H,52,53)(H4,34,35,40)(H4,36,37,41)(H4,38,39,42)/t19-,21-,22-,23-,24-/m0/s1. The number of nitrogens with zero attached hydrogens (tertiary/aromatic N) is 3. The number of aromatic nitrogens is 1. The number of aromatic amines is 1. The number of carboxylic acid groups (broad SMARTS) is 1. The lowest BCUT2D eigenvalue weighted by Crippen LogP contribution is -2.59. The maximum Gasteiger partial charge on any atom is 0.326 e. The molecule has 1 heterocycles. The van der Waals surface area contributed by atoms with Crippen molar-refractivity contribution < 1.29 is 29.1 Å². The van der Waals surface area contributed by atoms with Crippen LogP contribution < -0.4 is 61.4 Å². The van der Waals surface area contributed by atoms with E-state index in [1.54, 1.807) is 6.20 Å². The summed E-state index contributed by atoms with van der Waals surface area (Å²) in [5, 5.41) is 20.8. The lowest BCUT2D eigenvalue weighted by molar-refractivity contribution is -0.142. The van der Waals surface area contributed by atoms with Crippen molar-refractivity contribution >= 4 is 71.0 Å². The van der Waals surface area contributed by atoms with E-state index in [1.165, 1.54) is 0 Å². The lowest BCUT2D eigenvalue weighted by Gasteiger charge is -2.26. The summed E-state index contributed by atoms with van der Waals surface area (Å²) in [4.78, 5) is 80.4. The molecule has 0 bridgehead atoms. The molecule has 5 atom stereocenters. The van der Waals surface area contributed by atoms with Crippen LogP contribution in [0.2, 0.25) is 0 Å². The number of aliphatic imine (C=N–C) groups is 3. The van der Waals surface area contributed by atoms with Gasteiger partial charge in [-0.05, 0) is 56.6 Å². The predicted molar refractivity (Wildman–Crippen MR) is 209 cm³/mol. The van der Waals surface area contributed by atoms with Crippen molar-refractivity contribution in [3.8, 4) is 0 Å². The van der Waals surface area contributed by atoms with Gasteiger partial charge in [-0.1, -0.05) is 18.2 Å². The Kier molecular flexibility index (Phi) is 18.9. The quantitative estimate of drug-likeness (QED) is 0.0210. The first-order chi connectivity index (χ1) is 25.6. The molecule has 1 aromatic heterocycles. The first kappa shape index (κ1) is 44.4. The number of amides is 4. The number of hydrogen-bond donors (Lipinski definition) is 14. The Balaban J connectivity index is 2.23. The molecule has 0 aliphatic heterocycles. The van der Waals surface area contributed by atoms with E-state index in [0.717, 1.165) is 16.5 Å². The molecule has 20 N–H and O–H groups in total. The van der Waals surface area contributed by atoms with Crippen LogP contribution in [0.5, 0.6) is 0 Å². The lowest BCUT2D eigenvalue weighted by atomic mass is 10.0. The number of carboxylic acids is 1. The van der Waals surface area contributed by atoms with Gasteiger partial charge in [-0.25, -0.2) is 4.79 Å². The van der Waals surface area contributed by atoms with Crippen molar-refractivity contribution in [2.24, 2.45) is 55.1 Å². The summed E-state index contributed by atoms with van der Waals surface area (Å²) in [6, 6.07) is 1.45. The molecule has 298 valence electrons. The van der Waals surface area contributed by atoms with Crippen molar-refractivity contribution in [1.82, 2.24) is 26.3 Å². The van der Waals surface area contributed by atoms with E-state index in [2.05, 4.69) is 53.9 Å². The zero-order valence-electron chi connectivity index (χ0n) is 29.9. The summed E-state index contributed by atoms with van der Waals surface area (Å²) in [6.07, 6.45) is 2.74. The van der Waals surface area contributed by atoms with E-state index < -0.39 is 59.8 Å². The number of aliphatic carboxylic acids is 1. The largest absolute Gasteiger partial charge is 0.480 e. The Hall–Kier alpha value is -5.77. The molecular formula is C32H53N15O6S. The van der Waals surface area contributed by atoms with Crippen LogP contribution in [0.25, 0.3) is 10.9 Å². The van der Waals surface area contributed by atoms with E-state index in [0.29, 0.717) is 0 Å². The second-order valence-corrected chi connectivity index (χ2v) is 12.6. The molecule has 1 aromatic carbocycles. The Morgan fingerprint density at radius 1 is 0.667 bits per heavy atom. The fraction of sp³-hybridized carbons (Fsp3) is 0.500. The molecule has 0 fully saturated rings. The van der Waals surface area contributed by atoms with Crippen molar-refractivity contribution in [3.05, 3.63) is 36.0 Å². The van der Waals surface area contributed by atoms with Crippen LogP contribution in [0.15, 0.2) is 45.4 Å². The number of rotatable bonds is 24. The number of nitrogens with two attached hydrogens (primary N) is 7. The average Bonchev–Trinajstić information content (AvgIpc) is 3.52. The van der Waals surface area contributed by atoms with E-state index in [-0.39, 0.29) is 88.2 Å². The fourth-order valence-electron chi connectivity index (χ4n) is 5.23. The first-order valence-corrected chi connectivity index (χ1v) is 17.8. The van der Waals surface area contributed by atoms with Crippen LogP contribution in [0.3, 0.4) is 0 Å². The van der Waals surface area contributed by atoms with Crippen molar-refractivity contribution in [2.75, 3.05) is 25.4 Å². The molecule has 54 heavy (non-hydrogen) atoms. The number of guanidine groups is 3. The SMILES string of the molecule is NC(N)=NCCC[C@H](NC(=O)[C@H](CS)NC(=O)[C@H](CCCN=C(N)N)NC(=O)[C@H](CCCN=C(N)N)NC(=O)[C@@H](N)Cc1c[nH]c2ccccc12)C(=O)O. The number of hydrogen-bond acceptors (Lipinski definition) is 10. The normalized spacial score (nSPS) is 13.6. The number of para-hydroxylation sites is 1. The van der Waals surface area contributed by atoms with E-state index in [9.17, 15) is 29.1 Å². The smallest absolute Gasteiger partial charge is 0.326 e. The highest BCUT2D eigenvalue weighted by atomic mass is 32.1. The zero-order chi connectivity index (χ0) is 40.2. The highest BCUT2D eigenvalue weighted by Crippen LogP contribution is 2.19. The summed E-state index contributed by atoms with van der Waals surface area (Å²) in [7, 11) is 0. The van der Waals surface area contributed by atoms with Gasteiger partial charge in [-0.3, -0.25) is 34.2 Å². The van der Waals surface area contributed by atoms with Gasteiger partial charge < -0.3 is 71.5 Å². The highest BCUT2D eigenvalue weighted by Gasteiger charge is 2.31. The average molecular weight is 776 g/mol. The minimum Gasteiger partial charge on any atom is -0.480 e. The molecule has 0 spiro atoms. The summed E-state index contributed by atoms with van der Waals surface area (Å²) in [5.74, 6) is -4.97. The van der Waals surface area contributed by atoms with Crippen LogP contribution in [-0.2, 0) is 30.4 Å². The van der Waals surface area contributed by atoms with Gasteiger partial charge in [0.15, 0.2) is 17.9 Å². The summed E-state index contributed by atoms with van der Waals surface area (Å²) in [6.45, 7) is 0.401. The Labute approximate surface area is 317 Å². The number of fused-ring (bicyclic) bond motifs is 1. The minimum absolute atomic E-state index is 0.00367. The molecule has 0 radical (unpaired) electrons. The third-order valence-electron chi connectivity index (χ3n) is 7.98. The van der Waals surface area contributed by atoms with Gasteiger partial charge in [0.25, 0.3) is 0 Å². The molecule has 0 unspecified atom stereocenters. The molecule has 0 saturated heterocycles. The number of thiol groups is 1. The summed E-state index contributed by atoms with van der Waals surface area (Å²) >= 11 is 4.17. The van der Waals surface area contributed by atoms with E-state index in [1.807, 2.05) is 24.3 Å². The van der Waals surface area contributed by atoms with Gasteiger partial charge in [0.2, 0.25) is 23.6 Å². The van der Waals surface area contributed by atoms with Crippen LogP contribution in [0.4, 0.5) is 0 Å². The monoisotopic (exact) mass is 775 g/mol. The fourth-order valence-corrected chi connectivity index (χ4v) is 5.48. The maximum atomic E-state index is 13.8. The topological polar surface area (TPSA) is 389 Å². The Morgan fingerprint density at radius 2 is 1.09 bits per heavy atom. The second-order valence-electron chi connectivity index (χ2n) is 12.3. The molecule has 22 heteroatoms. The Morgan fingerprint density at radius 3 is 1.57 bits per heavy atom. The molecule has 2 aromatic rings. The number of nitrogens with one attached hydrogen (secondary N) is 5. The number of benzene rings is 1. The van der Waals surface area contributed by atoms with Crippen LogP contribution in [-0.4, -0.2) is 113 Å². The van der Waals surface area contributed by atoms with E-state index in [4.69, 9.17) is 40.1 Å². The first-order valence-electron chi connectivity index (χ1n) is 17.1. The van der Waals surface area contributed by atoms with Gasteiger partial charge in [-0.15, -0.1) is 0 Å². The highest BCUT2D eigenvalue weighted by molar-refractivity contribution is 7.80. The number of carbonyl (C=O) groups excluding carboxylic acids is 4. The van der Waals surface area contributed by atoms with Crippen LogP contribution in [0, 0.1) is 0 Å². The van der Waals surface area contributed by atoms with Gasteiger partial charge in [0.05, 0.1) is 6.04 Å². The molecule has 0 aliphatic rings. The van der Waals surface area contributed by atoms with Gasteiger partial charge >= 0.3 is 5.97 Å². The molecule has 0 aliphatic carbocycles. The van der Waals surface area contributed by atoms with Gasteiger partial charge in [0, 0.05) is 42.5 Å². The molecule has 0 saturated carbocycles. The van der Waals surface area contributed by atoms with Crippen molar-refractivity contribution in [2.45, 2.75) is 75.2 Å². The Bertz CT molecular complexity index is 1650. The molecule has 21 nitrogen and oxygen atoms in total. The van der Waals surface area contributed by atoms with Crippen molar-refractivity contribution in [3.63, 3.8) is 0 Å².